The maximum atomic E-state index is 12.7. The van der Waals surface area contributed by atoms with Gasteiger partial charge in [0.15, 0.2) is 0 Å². The number of nitrogens with zero attached hydrogens (tertiary/aromatic N) is 1. The maximum absolute atomic E-state index is 12.7. The molecule has 1 saturated heterocycles. The molecule has 1 aromatic rings. The second kappa shape index (κ2) is 8.39. The van der Waals surface area contributed by atoms with Gasteiger partial charge in [0.2, 0.25) is 5.91 Å². The summed E-state index contributed by atoms with van der Waals surface area (Å²) in [6, 6.07) is 4.21. The zero-order valence-corrected chi connectivity index (χ0v) is 16.0. The molecule has 1 unspecified atom stereocenters. The molecule has 1 atom stereocenters. The first-order valence-corrected chi connectivity index (χ1v) is 8.26. The Hall–Kier alpha value is -1.01. The molecule has 0 aromatic heterocycles. The normalized spacial score (nSPS) is 17.4. The second-order valence-electron chi connectivity index (χ2n) is 6.52. The van der Waals surface area contributed by atoms with Crippen LogP contribution in [0.25, 0.3) is 0 Å². The Bertz CT molecular complexity index is 597. The highest BCUT2D eigenvalue weighted by Gasteiger charge is 2.35. The highest BCUT2D eigenvalue weighted by molar-refractivity contribution is 6.35. The predicted molar refractivity (Wildman–Crippen MR) is 99.0 cm³/mol. The highest BCUT2D eigenvalue weighted by atomic mass is 35.5. The number of carbonyl (C=O) groups is 2. The molecule has 5 nitrogen and oxygen atoms in total. The van der Waals surface area contributed by atoms with E-state index in [1.165, 1.54) is 0 Å². The number of carbonyl (C=O) groups excluding carboxylic acids is 2. The van der Waals surface area contributed by atoms with Gasteiger partial charge in [-0.3, -0.25) is 9.59 Å². The minimum atomic E-state index is -0.496. The third-order valence-corrected chi connectivity index (χ3v) is 4.08. The summed E-state index contributed by atoms with van der Waals surface area (Å²) in [5.41, 5.74) is 5.77. The number of hydrogen-bond donors (Lipinski definition) is 2. The van der Waals surface area contributed by atoms with E-state index in [1.54, 1.807) is 23.1 Å². The maximum Gasteiger partial charge on any atom is 0.254 e. The van der Waals surface area contributed by atoms with Crippen molar-refractivity contribution in [3.05, 3.63) is 33.8 Å². The van der Waals surface area contributed by atoms with Crippen LogP contribution in [0.2, 0.25) is 10.0 Å². The van der Waals surface area contributed by atoms with E-state index in [0.717, 1.165) is 6.42 Å². The van der Waals surface area contributed by atoms with Gasteiger partial charge in [-0.25, -0.2) is 0 Å². The fraction of sp³-hybridized carbons (Fsp3) is 0.500. The Balaban J connectivity index is 0.00000288. The number of amides is 2. The summed E-state index contributed by atoms with van der Waals surface area (Å²) >= 11 is 11.9. The van der Waals surface area contributed by atoms with Crippen molar-refractivity contribution in [2.45, 2.75) is 38.3 Å². The number of nitrogens with two attached hydrogens (primary N) is 1. The average Bonchev–Trinajstić information content (AvgIpc) is 2.91. The van der Waals surface area contributed by atoms with Crippen molar-refractivity contribution in [1.29, 1.82) is 0 Å². The Morgan fingerprint density at radius 2 is 1.88 bits per heavy atom. The van der Waals surface area contributed by atoms with Gasteiger partial charge in [-0.05, 0) is 44.9 Å². The summed E-state index contributed by atoms with van der Waals surface area (Å²) in [7, 11) is 0. The number of hydrogen-bond acceptors (Lipinski definition) is 3. The van der Waals surface area contributed by atoms with Crippen LogP contribution in [0, 0.1) is 0 Å². The number of rotatable bonds is 4. The van der Waals surface area contributed by atoms with Crippen LogP contribution in [0.15, 0.2) is 18.2 Å². The molecular formula is C16H22Cl3N3O2. The SMILES string of the molecule is CC(C)(N)CNC(=O)C1CCCN1C(=O)c1cc(Cl)cc(Cl)c1.Cl. The van der Waals surface area contributed by atoms with E-state index < -0.39 is 11.6 Å². The molecule has 1 aliphatic heterocycles. The molecule has 1 aromatic carbocycles. The number of halogens is 3. The van der Waals surface area contributed by atoms with E-state index in [-0.39, 0.29) is 24.2 Å². The molecule has 0 spiro atoms. The Morgan fingerprint density at radius 3 is 2.42 bits per heavy atom. The number of benzene rings is 1. The molecule has 1 heterocycles. The summed E-state index contributed by atoms with van der Waals surface area (Å²) in [6.07, 6.45) is 1.42. The monoisotopic (exact) mass is 393 g/mol. The quantitative estimate of drug-likeness (QED) is 0.824. The van der Waals surface area contributed by atoms with Crippen LogP contribution < -0.4 is 11.1 Å². The largest absolute Gasteiger partial charge is 0.352 e. The van der Waals surface area contributed by atoms with Crippen LogP contribution in [0.5, 0.6) is 0 Å². The van der Waals surface area contributed by atoms with Gasteiger partial charge in [-0.15, -0.1) is 12.4 Å². The lowest BCUT2D eigenvalue weighted by atomic mass is 10.1. The smallest absolute Gasteiger partial charge is 0.254 e. The summed E-state index contributed by atoms with van der Waals surface area (Å²) < 4.78 is 0. The molecular weight excluding hydrogens is 373 g/mol. The van der Waals surface area contributed by atoms with Gasteiger partial charge in [-0.1, -0.05) is 23.2 Å². The lowest BCUT2D eigenvalue weighted by molar-refractivity contribution is -0.125. The van der Waals surface area contributed by atoms with Crippen LogP contribution in [-0.4, -0.2) is 41.4 Å². The first-order valence-electron chi connectivity index (χ1n) is 7.51. The van der Waals surface area contributed by atoms with Gasteiger partial charge in [0.1, 0.15) is 6.04 Å². The van der Waals surface area contributed by atoms with E-state index in [1.807, 2.05) is 13.8 Å². The second-order valence-corrected chi connectivity index (χ2v) is 7.39. The lowest BCUT2D eigenvalue weighted by Gasteiger charge is -2.26. The van der Waals surface area contributed by atoms with Crippen molar-refractivity contribution in [2.24, 2.45) is 5.73 Å². The molecule has 1 fully saturated rings. The Kier molecular flexibility index (Phi) is 7.35. The summed E-state index contributed by atoms with van der Waals surface area (Å²) in [6.45, 7) is 4.55. The van der Waals surface area contributed by atoms with Gasteiger partial charge < -0.3 is 16.0 Å². The molecule has 134 valence electrons. The lowest BCUT2D eigenvalue weighted by Crippen LogP contribution is -2.51. The van der Waals surface area contributed by atoms with Crippen molar-refractivity contribution >= 4 is 47.4 Å². The fourth-order valence-electron chi connectivity index (χ4n) is 2.56. The van der Waals surface area contributed by atoms with Gasteiger partial charge in [0.05, 0.1) is 0 Å². The molecule has 0 bridgehead atoms. The van der Waals surface area contributed by atoms with E-state index in [9.17, 15) is 9.59 Å². The molecule has 2 amide bonds. The molecule has 0 radical (unpaired) electrons. The van der Waals surface area contributed by atoms with Crippen molar-refractivity contribution in [2.75, 3.05) is 13.1 Å². The van der Waals surface area contributed by atoms with Crippen LogP contribution in [-0.2, 0) is 4.79 Å². The van der Waals surface area contributed by atoms with Crippen LogP contribution in [0.1, 0.15) is 37.0 Å². The standard InChI is InChI=1S/C16H21Cl2N3O2.ClH/c1-16(2,19)9-20-14(22)13-4-3-5-21(13)15(23)10-6-11(17)8-12(18)7-10;/h6-8,13H,3-5,9,19H2,1-2H3,(H,20,22);1H. The van der Waals surface area contributed by atoms with E-state index in [0.29, 0.717) is 35.1 Å². The molecule has 24 heavy (non-hydrogen) atoms. The summed E-state index contributed by atoms with van der Waals surface area (Å²) in [5.74, 6) is -0.415. The molecule has 0 aliphatic carbocycles. The molecule has 0 saturated carbocycles. The number of nitrogens with one attached hydrogen (secondary N) is 1. The van der Waals surface area contributed by atoms with E-state index in [4.69, 9.17) is 28.9 Å². The van der Waals surface area contributed by atoms with Crippen molar-refractivity contribution < 1.29 is 9.59 Å². The molecule has 3 N–H and O–H groups in total. The number of likely N-dealkylation sites (tertiary alicyclic amines) is 1. The van der Waals surface area contributed by atoms with E-state index in [2.05, 4.69) is 5.32 Å². The van der Waals surface area contributed by atoms with E-state index >= 15 is 0 Å². The summed E-state index contributed by atoms with van der Waals surface area (Å²) in [4.78, 5) is 26.6. The van der Waals surface area contributed by atoms with Gasteiger partial charge in [0.25, 0.3) is 5.91 Å². The Morgan fingerprint density at radius 1 is 1.29 bits per heavy atom. The van der Waals surface area contributed by atoms with Gasteiger partial charge in [0, 0.05) is 34.2 Å². The van der Waals surface area contributed by atoms with Gasteiger partial charge in [-0.2, -0.15) is 0 Å². The van der Waals surface area contributed by atoms with Crippen LogP contribution in [0.3, 0.4) is 0 Å². The van der Waals surface area contributed by atoms with Crippen molar-refractivity contribution in [3.63, 3.8) is 0 Å². The zero-order valence-electron chi connectivity index (χ0n) is 13.6. The van der Waals surface area contributed by atoms with Crippen LogP contribution >= 0.6 is 35.6 Å². The third kappa shape index (κ3) is 5.52. The molecule has 2 rings (SSSR count). The highest BCUT2D eigenvalue weighted by Crippen LogP contribution is 2.24. The average molecular weight is 395 g/mol. The fourth-order valence-corrected chi connectivity index (χ4v) is 3.08. The minimum absolute atomic E-state index is 0. The van der Waals surface area contributed by atoms with Crippen molar-refractivity contribution in [1.82, 2.24) is 10.2 Å². The third-order valence-electron chi connectivity index (χ3n) is 3.64. The first kappa shape index (κ1) is 21.0. The minimum Gasteiger partial charge on any atom is -0.352 e. The van der Waals surface area contributed by atoms with Crippen molar-refractivity contribution in [3.8, 4) is 0 Å². The topological polar surface area (TPSA) is 75.4 Å². The van der Waals surface area contributed by atoms with Gasteiger partial charge >= 0.3 is 0 Å². The summed E-state index contributed by atoms with van der Waals surface area (Å²) in [5, 5.41) is 3.60. The molecule has 1 aliphatic rings. The molecule has 8 heteroatoms. The van der Waals surface area contributed by atoms with Crippen LogP contribution in [0.4, 0.5) is 0 Å². The first-order chi connectivity index (χ1) is 10.7. The predicted octanol–water partition coefficient (Wildman–Crippen LogP) is 2.87. The zero-order chi connectivity index (χ0) is 17.2. The Labute approximate surface area is 158 Å².